The smallest absolute Gasteiger partial charge is 0.115 e. The third-order valence-electron chi connectivity index (χ3n) is 0.934. The van der Waals surface area contributed by atoms with Crippen LogP contribution < -0.4 is 0 Å². The first-order valence-electron chi connectivity index (χ1n) is 3.45. The van der Waals surface area contributed by atoms with Crippen molar-refractivity contribution in [2.24, 2.45) is 0 Å². The molecule has 0 saturated carbocycles. The van der Waals surface area contributed by atoms with Crippen LogP contribution in [0.3, 0.4) is 0 Å². The van der Waals surface area contributed by atoms with Gasteiger partial charge in [-0.25, -0.2) is 4.39 Å². The number of hydrogen-bond donors (Lipinski definition) is 0. The lowest BCUT2D eigenvalue weighted by Gasteiger charge is -1.92. The van der Waals surface area contributed by atoms with E-state index < -0.39 is 6.63 Å². The van der Waals surface area contributed by atoms with E-state index in [1.807, 2.05) is 0 Å². The molecule has 1 aromatic rings. The van der Waals surface area contributed by atoms with Gasteiger partial charge in [-0.1, -0.05) is 28.1 Å². The fraction of sp³-hybridized carbons (Fsp3) is 0.143. The summed E-state index contributed by atoms with van der Waals surface area (Å²) in [5, 5.41) is 0. The first-order chi connectivity index (χ1) is 5.00. The summed E-state index contributed by atoms with van der Waals surface area (Å²) >= 11 is 3.12. The van der Waals surface area contributed by atoms with Crippen LogP contribution in [-0.2, 0) is 6.63 Å². The maximum Gasteiger partial charge on any atom is 0.115 e. The van der Waals surface area contributed by atoms with Crippen LogP contribution in [0.2, 0.25) is 0 Å². The Balaban J connectivity index is 3.06. The summed E-state index contributed by atoms with van der Waals surface area (Å²) in [4.78, 5) is 0. The van der Waals surface area contributed by atoms with Gasteiger partial charge in [0, 0.05) is 4.47 Å². The molecular weight excluding hydrogens is 183 g/mol. The zero-order valence-electron chi connectivity index (χ0n) is 6.57. The number of alkyl halides is 1. The largest absolute Gasteiger partial charge is 0.246 e. The van der Waals surface area contributed by atoms with Gasteiger partial charge in [-0.2, -0.15) is 0 Å². The van der Waals surface area contributed by atoms with Crippen molar-refractivity contribution in [3.8, 4) is 0 Å². The Labute approximate surface area is 64.6 Å². The van der Waals surface area contributed by atoms with Gasteiger partial charge in [0.1, 0.15) is 6.63 Å². The molecule has 0 fully saturated rings. The van der Waals surface area contributed by atoms with Crippen LogP contribution in [0.5, 0.6) is 0 Å². The van der Waals surface area contributed by atoms with Crippen molar-refractivity contribution in [2.45, 2.75) is 6.63 Å². The van der Waals surface area contributed by atoms with Crippen molar-refractivity contribution in [1.82, 2.24) is 0 Å². The predicted molar refractivity (Wildman–Crippen MR) is 39.0 cm³/mol. The molecule has 1 aromatic carbocycles. The standard InChI is InChI=1S/C7H6BrF/c8-7-3-1-2-6(4-7)5-9/h1-4H,5H2/i5D2. The average molecular weight is 191 g/mol. The summed E-state index contributed by atoms with van der Waals surface area (Å²) in [5.41, 5.74) is 0.0341. The average Bonchev–Trinajstić information content (AvgIpc) is 1.86. The van der Waals surface area contributed by atoms with Crippen LogP contribution in [0.25, 0.3) is 0 Å². The van der Waals surface area contributed by atoms with Crippen LogP contribution in [0.1, 0.15) is 8.30 Å². The third kappa shape index (κ3) is 1.79. The van der Waals surface area contributed by atoms with Gasteiger partial charge in [0.15, 0.2) is 0 Å². The molecule has 1 rings (SSSR count). The fourth-order valence-electron chi connectivity index (χ4n) is 0.547. The molecule has 0 N–H and O–H groups in total. The summed E-state index contributed by atoms with van der Waals surface area (Å²) in [7, 11) is 0. The van der Waals surface area contributed by atoms with Crippen molar-refractivity contribution in [1.29, 1.82) is 0 Å². The summed E-state index contributed by atoms with van der Waals surface area (Å²) in [6.45, 7) is -2.75. The van der Waals surface area contributed by atoms with E-state index in [4.69, 9.17) is 2.74 Å². The predicted octanol–water partition coefficient (Wildman–Crippen LogP) is 2.92. The quantitative estimate of drug-likeness (QED) is 0.640. The van der Waals surface area contributed by atoms with E-state index >= 15 is 0 Å². The molecule has 0 aliphatic carbocycles. The van der Waals surface area contributed by atoms with Crippen LogP contribution in [0.4, 0.5) is 4.39 Å². The molecule has 0 atom stereocenters. The zero-order chi connectivity index (χ0) is 8.48. The molecule has 2 heteroatoms. The van der Waals surface area contributed by atoms with Crippen molar-refractivity contribution < 1.29 is 7.13 Å². The molecule has 0 bridgehead atoms. The first-order valence-corrected chi connectivity index (χ1v) is 3.24. The molecule has 0 amide bonds. The molecule has 0 aromatic heterocycles. The highest BCUT2D eigenvalue weighted by Crippen LogP contribution is 2.11. The monoisotopic (exact) mass is 190 g/mol. The Morgan fingerprint density at radius 3 is 2.89 bits per heavy atom. The van der Waals surface area contributed by atoms with E-state index in [2.05, 4.69) is 15.9 Å². The molecule has 0 spiro atoms. The molecule has 0 radical (unpaired) electrons. The minimum absolute atomic E-state index is 0.0341. The molecule has 0 aliphatic rings. The summed E-state index contributed by atoms with van der Waals surface area (Å²) in [5.74, 6) is 0. The lowest BCUT2D eigenvalue weighted by molar-refractivity contribution is 0.485. The molecule has 0 aliphatic heterocycles. The lowest BCUT2D eigenvalue weighted by Crippen LogP contribution is -1.75. The summed E-state index contributed by atoms with van der Waals surface area (Å²) in [6, 6.07) is 6.14. The Bertz CT molecular complexity index is 257. The number of rotatable bonds is 1. The fourth-order valence-corrected chi connectivity index (χ4v) is 0.946. The highest BCUT2D eigenvalue weighted by molar-refractivity contribution is 9.10. The topological polar surface area (TPSA) is 0 Å². The normalized spacial score (nSPS) is 14.4. The number of hydrogen-bond acceptors (Lipinski definition) is 0. The zero-order valence-corrected chi connectivity index (χ0v) is 6.15. The SMILES string of the molecule is [2H]C([2H])(F)c1cccc(Br)c1. The summed E-state index contributed by atoms with van der Waals surface area (Å²) < 4.78 is 26.8. The molecular formula is C7H6BrF. The van der Waals surface area contributed by atoms with E-state index in [1.54, 1.807) is 12.1 Å². The Morgan fingerprint density at radius 1 is 1.67 bits per heavy atom. The second kappa shape index (κ2) is 2.97. The minimum Gasteiger partial charge on any atom is -0.246 e. The molecule has 0 nitrogen and oxygen atoms in total. The van der Waals surface area contributed by atoms with E-state index in [0.29, 0.717) is 4.47 Å². The Morgan fingerprint density at radius 2 is 2.44 bits per heavy atom. The van der Waals surface area contributed by atoms with Gasteiger partial charge in [-0.3, -0.25) is 0 Å². The van der Waals surface area contributed by atoms with E-state index in [1.165, 1.54) is 12.1 Å². The minimum atomic E-state index is -2.75. The van der Waals surface area contributed by atoms with Crippen molar-refractivity contribution >= 4 is 15.9 Å². The first kappa shape index (κ1) is 4.45. The van der Waals surface area contributed by atoms with Crippen LogP contribution >= 0.6 is 15.9 Å². The van der Waals surface area contributed by atoms with Crippen molar-refractivity contribution in [2.75, 3.05) is 0 Å². The highest BCUT2D eigenvalue weighted by atomic mass is 79.9. The van der Waals surface area contributed by atoms with Crippen molar-refractivity contribution in [3.63, 3.8) is 0 Å². The van der Waals surface area contributed by atoms with Gasteiger partial charge >= 0.3 is 0 Å². The van der Waals surface area contributed by atoms with Gasteiger partial charge < -0.3 is 0 Å². The third-order valence-corrected chi connectivity index (χ3v) is 1.43. The maximum absolute atomic E-state index is 12.6. The second-order valence-electron chi connectivity index (χ2n) is 1.60. The highest BCUT2D eigenvalue weighted by Gasteiger charge is 1.89. The van der Waals surface area contributed by atoms with Gasteiger partial charge in [0.25, 0.3) is 0 Å². The van der Waals surface area contributed by atoms with Crippen molar-refractivity contribution in [3.05, 3.63) is 34.3 Å². The Kier molecular flexibility index (Phi) is 1.47. The van der Waals surface area contributed by atoms with Crippen LogP contribution in [0.15, 0.2) is 28.7 Å². The van der Waals surface area contributed by atoms with Gasteiger partial charge in [0.05, 0.1) is 2.74 Å². The number of benzene rings is 1. The summed E-state index contributed by atoms with van der Waals surface area (Å²) in [6.07, 6.45) is 0. The molecule has 9 heavy (non-hydrogen) atoms. The van der Waals surface area contributed by atoms with E-state index in [0.717, 1.165) is 0 Å². The Hall–Kier alpha value is -0.370. The maximum atomic E-state index is 12.6. The van der Waals surface area contributed by atoms with Gasteiger partial charge in [-0.05, 0) is 17.7 Å². The molecule has 48 valence electrons. The number of halogens is 2. The second-order valence-corrected chi connectivity index (χ2v) is 2.52. The van der Waals surface area contributed by atoms with Gasteiger partial charge in [-0.15, -0.1) is 0 Å². The molecule has 0 saturated heterocycles. The van der Waals surface area contributed by atoms with E-state index in [-0.39, 0.29) is 5.56 Å². The van der Waals surface area contributed by atoms with Crippen LogP contribution in [-0.4, -0.2) is 0 Å². The van der Waals surface area contributed by atoms with Gasteiger partial charge in [0.2, 0.25) is 0 Å². The molecule has 0 heterocycles. The lowest BCUT2D eigenvalue weighted by atomic mass is 10.2. The van der Waals surface area contributed by atoms with Crippen LogP contribution in [0, 0.1) is 0 Å². The molecule has 0 unspecified atom stereocenters. The van der Waals surface area contributed by atoms with E-state index in [9.17, 15) is 4.39 Å².